The average molecular weight is 666 g/mol. The molecule has 9 nitrogen and oxygen atoms in total. The van der Waals surface area contributed by atoms with E-state index in [9.17, 15) is 9.59 Å². The number of nitrogens with one attached hydrogen (secondary N) is 1. The van der Waals surface area contributed by atoms with Gasteiger partial charge in [0.25, 0.3) is 0 Å². The number of halogens is 3. The van der Waals surface area contributed by atoms with Crippen molar-refractivity contribution in [3.63, 3.8) is 0 Å². The number of amides is 1. The van der Waals surface area contributed by atoms with E-state index in [1.54, 1.807) is 20.8 Å². The Morgan fingerprint density at radius 2 is 1.21 bits per heavy atom. The summed E-state index contributed by atoms with van der Waals surface area (Å²) in [5.41, 5.74) is 8.11. The SMILES string of the molecule is C=C(C)C(=O)NCCOCCOCc1ccccc1.CC(C)C(=O)OCl.ClCCl.NCCOCCOCc1ccccc1. The van der Waals surface area contributed by atoms with Crippen molar-refractivity contribution in [2.45, 2.75) is 34.0 Å². The second-order valence-electron chi connectivity index (χ2n) is 8.78. The van der Waals surface area contributed by atoms with Gasteiger partial charge in [-0.25, -0.2) is 0 Å². The molecule has 43 heavy (non-hydrogen) atoms. The molecule has 1 amide bonds. The number of rotatable bonds is 17. The van der Waals surface area contributed by atoms with Gasteiger partial charge in [-0.3, -0.25) is 9.59 Å². The van der Waals surface area contributed by atoms with Crippen molar-refractivity contribution < 1.29 is 32.8 Å². The Morgan fingerprint density at radius 1 is 0.791 bits per heavy atom. The van der Waals surface area contributed by atoms with Crippen LogP contribution in [-0.2, 0) is 46.0 Å². The molecule has 0 aliphatic carbocycles. The van der Waals surface area contributed by atoms with E-state index in [1.165, 1.54) is 5.56 Å². The van der Waals surface area contributed by atoms with E-state index in [2.05, 4.69) is 16.2 Å². The Kier molecular flexibility index (Phi) is 32.6. The number of carbonyl (C=O) groups is 2. The van der Waals surface area contributed by atoms with Gasteiger partial charge >= 0.3 is 5.97 Å². The zero-order valence-corrected chi connectivity index (χ0v) is 27.7. The number of nitrogens with two attached hydrogens (primary N) is 1. The van der Waals surface area contributed by atoms with Crippen LogP contribution in [0.1, 0.15) is 31.9 Å². The molecule has 0 spiro atoms. The summed E-state index contributed by atoms with van der Waals surface area (Å²) in [6.45, 7) is 14.3. The zero-order chi connectivity index (χ0) is 32.6. The number of carbonyl (C=O) groups excluding carboxylic acids is 2. The average Bonchev–Trinajstić information content (AvgIpc) is 3.01. The first-order chi connectivity index (χ1) is 20.7. The summed E-state index contributed by atoms with van der Waals surface area (Å²) in [6, 6.07) is 20.1. The van der Waals surface area contributed by atoms with E-state index >= 15 is 0 Å². The highest BCUT2D eigenvalue weighted by atomic mass is 35.5. The molecule has 0 radical (unpaired) electrons. The van der Waals surface area contributed by atoms with Crippen LogP contribution < -0.4 is 11.1 Å². The Labute approximate surface area is 272 Å². The number of ether oxygens (including phenoxy) is 4. The van der Waals surface area contributed by atoms with Crippen molar-refractivity contribution in [3.8, 4) is 0 Å². The quantitative estimate of drug-likeness (QED) is 0.123. The third-order valence-corrected chi connectivity index (χ3v) is 4.85. The normalized spacial score (nSPS) is 9.77. The van der Waals surface area contributed by atoms with Crippen molar-refractivity contribution in [2.24, 2.45) is 11.7 Å². The second kappa shape index (κ2) is 32.7. The third-order valence-electron chi connectivity index (χ3n) is 4.70. The van der Waals surface area contributed by atoms with E-state index in [0.717, 1.165) is 5.56 Å². The van der Waals surface area contributed by atoms with E-state index < -0.39 is 0 Å². The monoisotopic (exact) mass is 664 g/mol. The number of hydrogen-bond donors (Lipinski definition) is 2. The molecular weight excluding hydrogens is 619 g/mol. The molecule has 0 aliphatic rings. The maximum Gasteiger partial charge on any atom is 0.327 e. The van der Waals surface area contributed by atoms with E-state index in [4.69, 9.17) is 59.7 Å². The van der Waals surface area contributed by atoms with Crippen LogP contribution in [0.25, 0.3) is 0 Å². The van der Waals surface area contributed by atoms with Crippen LogP contribution in [0.2, 0.25) is 0 Å². The third kappa shape index (κ3) is 31.0. The first-order valence-corrected chi connectivity index (χ1v) is 15.1. The van der Waals surface area contributed by atoms with Gasteiger partial charge < -0.3 is 34.3 Å². The summed E-state index contributed by atoms with van der Waals surface area (Å²) < 4.78 is 25.2. The summed E-state index contributed by atoms with van der Waals surface area (Å²) in [4.78, 5) is 21.3. The molecule has 0 heterocycles. The highest BCUT2D eigenvalue weighted by molar-refractivity contribution is 6.40. The van der Waals surface area contributed by atoms with E-state index in [1.807, 2.05) is 60.7 Å². The number of hydrogen-bond acceptors (Lipinski definition) is 8. The molecule has 0 saturated heterocycles. The predicted octanol–water partition coefficient (Wildman–Crippen LogP) is 5.85. The Hall–Kier alpha value is -2.21. The highest BCUT2D eigenvalue weighted by Gasteiger charge is 2.05. The molecule has 0 unspecified atom stereocenters. The van der Waals surface area contributed by atoms with E-state index in [0.29, 0.717) is 71.5 Å². The zero-order valence-electron chi connectivity index (χ0n) is 25.4. The lowest BCUT2D eigenvalue weighted by Crippen LogP contribution is -2.27. The lowest BCUT2D eigenvalue weighted by molar-refractivity contribution is -0.137. The second-order valence-corrected chi connectivity index (χ2v) is 9.74. The number of alkyl halides is 2. The summed E-state index contributed by atoms with van der Waals surface area (Å²) in [5.74, 6) is -0.650. The Balaban J connectivity index is 0. The van der Waals surface area contributed by atoms with Crippen molar-refractivity contribution >= 4 is 46.9 Å². The van der Waals surface area contributed by atoms with Gasteiger partial charge in [-0.15, -0.1) is 23.2 Å². The minimum atomic E-state index is -0.387. The summed E-state index contributed by atoms with van der Waals surface area (Å²) >= 11 is 14.2. The van der Waals surface area contributed by atoms with Crippen LogP contribution in [0.5, 0.6) is 0 Å². The Bertz CT molecular complexity index is 924. The van der Waals surface area contributed by atoms with Crippen LogP contribution >= 0.6 is 35.1 Å². The molecule has 2 rings (SSSR count). The molecule has 2 aromatic rings. The smallest absolute Gasteiger partial charge is 0.327 e. The number of benzene rings is 2. The fraction of sp³-hybridized carbons (Fsp3) is 0.484. The molecule has 0 bridgehead atoms. The van der Waals surface area contributed by atoms with Gasteiger partial charge in [0.15, 0.2) is 0 Å². The summed E-state index contributed by atoms with van der Waals surface area (Å²) in [5, 5.41) is 2.89. The van der Waals surface area contributed by atoms with Crippen LogP contribution in [0, 0.1) is 5.92 Å². The lowest BCUT2D eigenvalue weighted by atomic mass is 10.2. The molecule has 2 aromatic carbocycles. The van der Waals surface area contributed by atoms with Gasteiger partial charge in [0.2, 0.25) is 5.91 Å². The molecule has 0 aliphatic heterocycles. The van der Waals surface area contributed by atoms with Gasteiger partial charge in [-0.05, 0) is 18.1 Å². The fourth-order valence-electron chi connectivity index (χ4n) is 2.53. The topological polar surface area (TPSA) is 118 Å². The molecule has 0 atom stereocenters. The highest BCUT2D eigenvalue weighted by Crippen LogP contribution is 2.01. The minimum absolute atomic E-state index is 0.127. The minimum Gasteiger partial charge on any atom is -0.378 e. The maximum atomic E-state index is 11.1. The first kappa shape index (κ1) is 42.9. The van der Waals surface area contributed by atoms with Gasteiger partial charge in [0.05, 0.1) is 64.1 Å². The van der Waals surface area contributed by atoms with Gasteiger partial charge in [0, 0.05) is 18.7 Å². The van der Waals surface area contributed by atoms with Gasteiger partial charge in [-0.1, -0.05) is 81.1 Å². The van der Waals surface area contributed by atoms with E-state index in [-0.39, 0.29) is 23.1 Å². The standard InChI is InChI=1S/C15H21NO3.C11H17NO2.C4H7ClO2.CH2Cl2/c1-13(2)15(17)16-8-9-18-10-11-19-12-14-6-4-3-5-7-14;12-6-7-13-8-9-14-10-11-4-2-1-3-5-11;1-3(2)4(6)7-5;2-1-3/h3-7H,1,8-12H2,2H3,(H,16,17);1-5H,6-10,12H2;3H,1-2H3;1H2. The van der Waals surface area contributed by atoms with Crippen LogP contribution in [0.15, 0.2) is 72.8 Å². The molecule has 3 N–H and O–H groups in total. The maximum absolute atomic E-state index is 11.1. The molecule has 12 heteroatoms. The van der Waals surface area contributed by atoms with Crippen molar-refractivity contribution in [3.05, 3.63) is 83.9 Å². The van der Waals surface area contributed by atoms with Gasteiger partial charge in [0.1, 0.15) is 11.9 Å². The van der Waals surface area contributed by atoms with Crippen LogP contribution in [0.3, 0.4) is 0 Å². The Morgan fingerprint density at radius 3 is 1.56 bits per heavy atom. The van der Waals surface area contributed by atoms with Gasteiger partial charge in [-0.2, -0.15) is 0 Å². The first-order valence-electron chi connectivity index (χ1n) is 13.7. The van der Waals surface area contributed by atoms with Crippen molar-refractivity contribution in [1.82, 2.24) is 5.32 Å². The molecule has 0 fully saturated rings. The summed E-state index contributed by atoms with van der Waals surface area (Å²) in [7, 11) is 0. The molecule has 244 valence electrons. The fourth-order valence-corrected chi connectivity index (χ4v) is 2.71. The molecule has 0 aromatic heterocycles. The lowest BCUT2D eigenvalue weighted by Gasteiger charge is -2.07. The van der Waals surface area contributed by atoms with Crippen LogP contribution in [-0.4, -0.2) is 69.9 Å². The summed E-state index contributed by atoms with van der Waals surface area (Å²) in [6.07, 6.45) is 0. The molecular formula is C31H47Cl3N2O7. The van der Waals surface area contributed by atoms with Crippen LogP contribution in [0.4, 0.5) is 0 Å². The van der Waals surface area contributed by atoms with Crippen molar-refractivity contribution in [2.75, 3.05) is 58.1 Å². The largest absolute Gasteiger partial charge is 0.378 e. The molecule has 0 saturated carbocycles. The predicted molar refractivity (Wildman–Crippen MR) is 174 cm³/mol. The van der Waals surface area contributed by atoms with Crippen molar-refractivity contribution in [1.29, 1.82) is 0 Å².